The van der Waals surface area contributed by atoms with Gasteiger partial charge in [0.15, 0.2) is 5.78 Å². The van der Waals surface area contributed by atoms with Crippen molar-refractivity contribution in [2.45, 2.75) is 6.92 Å². The summed E-state index contributed by atoms with van der Waals surface area (Å²) in [6, 6.07) is 8.68. The van der Waals surface area contributed by atoms with Gasteiger partial charge in [-0.15, -0.1) is 0 Å². The van der Waals surface area contributed by atoms with Crippen LogP contribution < -0.4 is 4.74 Å². The van der Waals surface area contributed by atoms with Crippen molar-refractivity contribution < 1.29 is 9.53 Å². The van der Waals surface area contributed by atoms with Gasteiger partial charge in [0.1, 0.15) is 5.75 Å². The molecule has 2 rings (SSSR count). The van der Waals surface area contributed by atoms with Gasteiger partial charge >= 0.3 is 0 Å². The van der Waals surface area contributed by atoms with Crippen molar-refractivity contribution in [3.8, 4) is 5.75 Å². The first-order valence-corrected chi connectivity index (χ1v) is 7.74. The first-order chi connectivity index (χ1) is 9.43. The number of carbonyl (C=O) groups excluding carboxylic acids is 1. The van der Waals surface area contributed by atoms with Crippen LogP contribution in [0.15, 0.2) is 39.3 Å². The zero-order chi connectivity index (χ0) is 14.9. The summed E-state index contributed by atoms with van der Waals surface area (Å²) >= 11 is 12.8. The maximum absolute atomic E-state index is 12.7. The van der Waals surface area contributed by atoms with E-state index in [1.54, 1.807) is 24.3 Å². The SMILES string of the molecule is COc1ccc(Cl)cc1C(=O)c1cc(Br)c(C)cc1Br. The van der Waals surface area contributed by atoms with Crippen molar-refractivity contribution in [2.24, 2.45) is 0 Å². The molecule has 0 spiro atoms. The van der Waals surface area contributed by atoms with Gasteiger partial charge in [-0.1, -0.05) is 43.5 Å². The molecule has 0 unspecified atom stereocenters. The molecule has 0 aliphatic heterocycles. The molecule has 0 aliphatic carbocycles. The molecule has 2 aromatic rings. The van der Waals surface area contributed by atoms with Crippen molar-refractivity contribution in [1.82, 2.24) is 0 Å². The second-order valence-electron chi connectivity index (χ2n) is 4.25. The summed E-state index contributed by atoms with van der Waals surface area (Å²) in [5.74, 6) is 0.361. The van der Waals surface area contributed by atoms with Gasteiger partial charge in [-0.3, -0.25) is 4.79 Å². The van der Waals surface area contributed by atoms with E-state index in [-0.39, 0.29) is 5.78 Å². The van der Waals surface area contributed by atoms with Gasteiger partial charge in [-0.2, -0.15) is 0 Å². The summed E-state index contributed by atoms with van der Waals surface area (Å²) < 4.78 is 6.85. The van der Waals surface area contributed by atoms with E-state index < -0.39 is 0 Å². The third-order valence-electron chi connectivity index (χ3n) is 2.90. The maximum Gasteiger partial charge on any atom is 0.197 e. The normalized spacial score (nSPS) is 10.4. The molecule has 20 heavy (non-hydrogen) atoms. The summed E-state index contributed by atoms with van der Waals surface area (Å²) in [7, 11) is 1.53. The Hall–Kier alpha value is -0.840. The third kappa shape index (κ3) is 3.08. The number of hydrogen-bond acceptors (Lipinski definition) is 2. The molecule has 0 amide bonds. The second-order valence-corrected chi connectivity index (χ2v) is 6.40. The fraction of sp³-hybridized carbons (Fsp3) is 0.133. The first kappa shape index (κ1) is 15.5. The van der Waals surface area contributed by atoms with Gasteiger partial charge in [0, 0.05) is 19.5 Å². The lowest BCUT2D eigenvalue weighted by Crippen LogP contribution is -2.05. The van der Waals surface area contributed by atoms with Crippen molar-refractivity contribution in [3.63, 3.8) is 0 Å². The standard InChI is InChI=1S/C15H11Br2ClO2/c1-8-5-13(17)10(7-12(8)16)15(19)11-6-9(18)3-4-14(11)20-2/h3-7H,1-2H3. The van der Waals surface area contributed by atoms with Crippen LogP contribution in [0, 0.1) is 6.92 Å². The Balaban J connectivity index is 2.57. The van der Waals surface area contributed by atoms with Crippen LogP contribution in [0.1, 0.15) is 21.5 Å². The van der Waals surface area contributed by atoms with E-state index in [0.717, 1.165) is 14.5 Å². The quantitative estimate of drug-likeness (QED) is 0.623. The molecule has 0 radical (unpaired) electrons. The molecular weight excluding hydrogens is 407 g/mol. The van der Waals surface area contributed by atoms with Crippen LogP contribution in [0.2, 0.25) is 5.02 Å². The van der Waals surface area contributed by atoms with Gasteiger partial charge in [0.05, 0.1) is 12.7 Å². The molecule has 2 nitrogen and oxygen atoms in total. The summed E-state index contributed by atoms with van der Waals surface area (Å²) in [6.45, 7) is 1.96. The number of aryl methyl sites for hydroxylation is 1. The lowest BCUT2D eigenvalue weighted by atomic mass is 10.0. The molecule has 0 aliphatic rings. The average Bonchev–Trinajstić information content (AvgIpc) is 2.42. The van der Waals surface area contributed by atoms with Crippen molar-refractivity contribution in [2.75, 3.05) is 7.11 Å². The van der Waals surface area contributed by atoms with Crippen LogP contribution in [-0.4, -0.2) is 12.9 Å². The van der Waals surface area contributed by atoms with E-state index in [1.165, 1.54) is 7.11 Å². The summed E-state index contributed by atoms with van der Waals surface area (Å²) in [5, 5.41) is 0.497. The summed E-state index contributed by atoms with van der Waals surface area (Å²) in [5.41, 5.74) is 2.05. The van der Waals surface area contributed by atoms with Gasteiger partial charge in [-0.05, 0) is 42.8 Å². The number of methoxy groups -OCH3 is 1. The summed E-state index contributed by atoms with van der Waals surface area (Å²) in [6.07, 6.45) is 0. The topological polar surface area (TPSA) is 26.3 Å². The van der Waals surface area contributed by atoms with Crippen molar-refractivity contribution >= 4 is 49.2 Å². The fourth-order valence-corrected chi connectivity index (χ4v) is 2.98. The van der Waals surface area contributed by atoms with Crippen LogP contribution >= 0.6 is 43.5 Å². The summed E-state index contributed by atoms with van der Waals surface area (Å²) in [4.78, 5) is 12.7. The van der Waals surface area contributed by atoms with Crippen LogP contribution in [0.5, 0.6) is 5.75 Å². The van der Waals surface area contributed by atoms with E-state index in [9.17, 15) is 4.79 Å². The minimum Gasteiger partial charge on any atom is -0.496 e. The molecule has 104 valence electrons. The third-order valence-corrected chi connectivity index (χ3v) is 4.64. The molecule has 0 atom stereocenters. The Morgan fingerprint density at radius 1 is 1.10 bits per heavy atom. The zero-order valence-corrected chi connectivity index (χ0v) is 14.8. The average molecular weight is 419 g/mol. The number of rotatable bonds is 3. The van der Waals surface area contributed by atoms with E-state index in [1.807, 2.05) is 13.0 Å². The predicted octanol–water partition coefficient (Wildman–Crippen LogP) is 5.41. The smallest absolute Gasteiger partial charge is 0.197 e. The fourth-order valence-electron chi connectivity index (χ4n) is 1.82. The molecule has 0 bridgehead atoms. The number of halogens is 3. The van der Waals surface area contributed by atoms with Crippen LogP contribution in [0.4, 0.5) is 0 Å². The predicted molar refractivity (Wildman–Crippen MR) is 88.0 cm³/mol. The Labute approximate surface area is 139 Å². The van der Waals surface area contributed by atoms with Gasteiger partial charge < -0.3 is 4.74 Å². The van der Waals surface area contributed by atoms with Gasteiger partial charge in [0.2, 0.25) is 0 Å². The molecule has 0 saturated carbocycles. The first-order valence-electron chi connectivity index (χ1n) is 5.78. The zero-order valence-electron chi connectivity index (χ0n) is 10.8. The molecule has 0 aromatic heterocycles. The Morgan fingerprint density at radius 2 is 1.80 bits per heavy atom. The monoisotopic (exact) mass is 416 g/mol. The number of ether oxygens (including phenoxy) is 1. The lowest BCUT2D eigenvalue weighted by Gasteiger charge is -2.10. The number of carbonyl (C=O) groups is 1. The van der Waals surface area contributed by atoms with Crippen LogP contribution in [0.25, 0.3) is 0 Å². The molecule has 2 aromatic carbocycles. The van der Waals surface area contributed by atoms with E-state index in [2.05, 4.69) is 31.9 Å². The van der Waals surface area contributed by atoms with Crippen LogP contribution in [0.3, 0.4) is 0 Å². The highest BCUT2D eigenvalue weighted by molar-refractivity contribution is 9.11. The molecule has 0 fully saturated rings. The lowest BCUT2D eigenvalue weighted by molar-refractivity contribution is 0.103. The highest BCUT2D eigenvalue weighted by Gasteiger charge is 2.18. The number of ketones is 1. The number of benzene rings is 2. The highest BCUT2D eigenvalue weighted by atomic mass is 79.9. The molecule has 5 heteroatoms. The molecular formula is C15H11Br2ClO2. The largest absolute Gasteiger partial charge is 0.496 e. The van der Waals surface area contributed by atoms with Crippen molar-refractivity contribution in [1.29, 1.82) is 0 Å². The molecule has 0 heterocycles. The highest BCUT2D eigenvalue weighted by Crippen LogP contribution is 2.31. The minimum absolute atomic E-state index is 0.142. The van der Waals surface area contributed by atoms with E-state index in [0.29, 0.717) is 21.9 Å². The van der Waals surface area contributed by atoms with E-state index >= 15 is 0 Å². The Morgan fingerprint density at radius 3 is 2.45 bits per heavy atom. The van der Waals surface area contributed by atoms with Crippen LogP contribution in [-0.2, 0) is 0 Å². The van der Waals surface area contributed by atoms with Gasteiger partial charge in [-0.25, -0.2) is 0 Å². The van der Waals surface area contributed by atoms with Crippen molar-refractivity contribution in [3.05, 3.63) is 61.0 Å². The minimum atomic E-state index is -0.142. The Bertz CT molecular complexity index is 684. The molecule has 0 saturated heterocycles. The second kappa shape index (κ2) is 6.29. The maximum atomic E-state index is 12.7. The van der Waals surface area contributed by atoms with E-state index in [4.69, 9.17) is 16.3 Å². The van der Waals surface area contributed by atoms with Gasteiger partial charge in [0.25, 0.3) is 0 Å². The Kier molecular flexibility index (Phi) is 4.89. The number of hydrogen-bond donors (Lipinski definition) is 0. The molecule has 0 N–H and O–H groups in total.